The third-order valence-corrected chi connectivity index (χ3v) is 6.50. The second-order valence-electron chi connectivity index (χ2n) is 10.1. The summed E-state index contributed by atoms with van der Waals surface area (Å²) in [7, 11) is 0. The van der Waals surface area contributed by atoms with E-state index in [0.717, 1.165) is 16.7 Å². The van der Waals surface area contributed by atoms with Gasteiger partial charge < -0.3 is 29.5 Å². The van der Waals surface area contributed by atoms with Crippen LogP contribution in [0.3, 0.4) is 0 Å². The Bertz CT molecular complexity index is 970. The summed E-state index contributed by atoms with van der Waals surface area (Å²) in [5.41, 5.74) is 0.896. The molecule has 0 aromatic heterocycles. The number of rotatable bonds is 19. The first-order valence-corrected chi connectivity index (χ1v) is 13.4. The average Bonchev–Trinajstić information content (AvgIpc) is 2.94. The van der Waals surface area contributed by atoms with Crippen molar-refractivity contribution >= 4 is 0 Å². The van der Waals surface area contributed by atoms with E-state index in [1.807, 2.05) is 91.0 Å². The minimum absolute atomic E-state index is 0.133. The number of hydrogen-bond acceptors (Lipinski definition) is 8. The minimum atomic E-state index is -1.83. The van der Waals surface area contributed by atoms with Crippen LogP contribution in [0.25, 0.3) is 0 Å². The average molecular weight is 554 g/mol. The molecule has 0 radical (unpaired) electrons. The van der Waals surface area contributed by atoms with Gasteiger partial charge in [-0.3, -0.25) is 10.1 Å². The van der Waals surface area contributed by atoms with Crippen LogP contribution in [0.1, 0.15) is 36.0 Å². The van der Waals surface area contributed by atoms with Crippen molar-refractivity contribution < 1.29 is 34.5 Å². The monoisotopic (exact) mass is 553 g/mol. The van der Waals surface area contributed by atoms with Crippen molar-refractivity contribution in [2.45, 2.75) is 62.9 Å². The minimum Gasteiger partial charge on any atom is -0.390 e. The molecule has 216 valence electrons. The molecule has 3 aromatic rings. The third kappa shape index (κ3) is 11.1. The molecule has 3 aromatic carbocycles. The fourth-order valence-electron chi connectivity index (χ4n) is 4.63. The molecule has 0 spiro atoms. The van der Waals surface area contributed by atoms with E-state index < -0.39 is 28.8 Å². The maximum Gasteiger partial charge on any atom is 0.229 e. The van der Waals surface area contributed by atoms with Crippen LogP contribution in [0.4, 0.5) is 0 Å². The van der Waals surface area contributed by atoms with Gasteiger partial charge in [0.15, 0.2) is 0 Å². The summed E-state index contributed by atoms with van der Waals surface area (Å²) >= 11 is 0. The molecule has 9 heteroatoms. The number of aliphatic hydroxyl groups excluding tert-OH is 3. The Morgan fingerprint density at radius 1 is 0.575 bits per heavy atom. The zero-order valence-corrected chi connectivity index (χ0v) is 22.6. The molecule has 3 N–H and O–H groups in total. The van der Waals surface area contributed by atoms with E-state index in [2.05, 4.69) is 0 Å². The molecular formula is C31H39NO8. The van der Waals surface area contributed by atoms with Crippen LogP contribution in [0.15, 0.2) is 91.0 Å². The molecule has 3 atom stereocenters. The molecule has 40 heavy (non-hydrogen) atoms. The van der Waals surface area contributed by atoms with Gasteiger partial charge in [-0.1, -0.05) is 91.0 Å². The van der Waals surface area contributed by atoms with Crippen LogP contribution in [0.5, 0.6) is 0 Å². The number of ether oxygens (including phenoxy) is 3. The topological polar surface area (TPSA) is 132 Å². The molecule has 0 saturated carbocycles. The molecule has 3 rings (SSSR count). The highest BCUT2D eigenvalue weighted by Gasteiger charge is 2.47. The Labute approximate surface area is 235 Å². The molecule has 0 aliphatic carbocycles. The molecule has 0 aliphatic heterocycles. The van der Waals surface area contributed by atoms with Crippen LogP contribution >= 0.6 is 0 Å². The first kappa shape index (κ1) is 31.3. The maximum atomic E-state index is 12.5. The van der Waals surface area contributed by atoms with E-state index in [1.54, 1.807) is 0 Å². The van der Waals surface area contributed by atoms with Crippen LogP contribution < -0.4 is 0 Å². The largest absolute Gasteiger partial charge is 0.390 e. The number of aliphatic hydroxyl groups is 3. The van der Waals surface area contributed by atoms with Crippen molar-refractivity contribution in [1.29, 1.82) is 0 Å². The number of nitro groups is 1. The van der Waals surface area contributed by atoms with Gasteiger partial charge in [0.05, 0.1) is 58.0 Å². The lowest BCUT2D eigenvalue weighted by Gasteiger charge is -2.31. The molecule has 0 amide bonds. The Morgan fingerprint density at radius 3 is 1.10 bits per heavy atom. The summed E-state index contributed by atoms with van der Waals surface area (Å²) in [6.07, 6.45) is -4.53. The molecule has 0 aliphatic rings. The SMILES string of the molecule is O=[N+]([O-])C(CC(O)COCc1ccccc1)(CC(O)COCc1ccccc1)CC(O)COCc1ccccc1. The summed E-state index contributed by atoms with van der Waals surface area (Å²) in [5.74, 6) is 0. The molecule has 3 unspecified atom stereocenters. The summed E-state index contributed by atoms with van der Waals surface area (Å²) in [4.78, 5) is 11.9. The standard InChI is InChI=1S/C31H39NO8/c33-28(22-38-19-25-10-4-1-5-11-25)16-31(32(36)37,17-29(34)23-39-20-26-12-6-2-7-13-26)18-30(35)24-40-21-27-14-8-3-9-15-27/h1-15,28-30,33-35H,16-24H2. The van der Waals surface area contributed by atoms with Gasteiger partial charge in [0.25, 0.3) is 0 Å². The van der Waals surface area contributed by atoms with Gasteiger partial charge in [0.1, 0.15) is 0 Å². The fraction of sp³-hybridized carbons (Fsp3) is 0.419. The second kappa shape index (κ2) is 16.8. The first-order valence-electron chi connectivity index (χ1n) is 13.4. The predicted molar refractivity (Wildman–Crippen MR) is 150 cm³/mol. The van der Waals surface area contributed by atoms with E-state index in [0.29, 0.717) is 0 Å². The van der Waals surface area contributed by atoms with Gasteiger partial charge in [0, 0.05) is 24.2 Å². The third-order valence-electron chi connectivity index (χ3n) is 6.50. The van der Waals surface area contributed by atoms with Crippen LogP contribution in [-0.4, -0.2) is 63.9 Å². The van der Waals surface area contributed by atoms with E-state index in [9.17, 15) is 25.4 Å². The van der Waals surface area contributed by atoms with E-state index in [1.165, 1.54) is 0 Å². The van der Waals surface area contributed by atoms with E-state index in [-0.39, 0.29) is 58.9 Å². The molecule has 0 bridgehead atoms. The fourth-order valence-corrected chi connectivity index (χ4v) is 4.63. The number of nitrogens with zero attached hydrogens (tertiary/aromatic N) is 1. The van der Waals surface area contributed by atoms with E-state index in [4.69, 9.17) is 14.2 Å². The van der Waals surface area contributed by atoms with Crippen molar-refractivity contribution in [3.05, 3.63) is 118 Å². The lowest BCUT2D eigenvalue weighted by Crippen LogP contribution is -2.48. The van der Waals surface area contributed by atoms with Gasteiger partial charge in [0.2, 0.25) is 5.54 Å². The predicted octanol–water partition coefficient (Wildman–Crippen LogP) is 3.91. The van der Waals surface area contributed by atoms with Gasteiger partial charge in [-0.15, -0.1) is 0 Å². The summed E-state index contributed by atoms with van der Waals surface area (Å²) in [6.45, 7) is 0.336. The van der Waals surface area contributed by atoms with Crippen LogP contribution in [0, 0.1) is 10.1 Å². The highest BCUT2D eigenvalue weighted by molar-refractivity contribution is 5.14. The first-order chi connectivity index (χ1) is 19.4. The Balaban J connectivity index is 1.61. The Hall–Kier alpha value is -3.18. The quantitative estimate of drug-likeness (QED) is 0.150. The zero-order chi connectivity index (χ0) is 28.6. The van der Waals surface area contributed by atoms with Gasteiger partial charge in [-0.25, -0.2) is 0 Å². The van der Waals surface area contributed by atoms with Crippen LogP contribution in [0.2, 0.25) is 0 Å². The van der Waals surface area contributed by atoms with Gasteiger partial charge in [-0.05, 0) is 16.7 Å². The Morgan fingerprint density at radius 2 is 0.850 bits per heavy atom. The molecule has 0 heterocycles. The summed E-state index contributed by atoms with van der Waals surface area (Å²) < 4.78 is 16.8. The van der Waals surface area contributed by atoms with Crippen molar-refractivity contribution in [3.63, 3.8) is 0 Å². The highest BCUT2D eigenvalue weighted by atomic mass is 16.6. The van der Waals surface area contributed by atoms with Gasteiger partial charge in [-0.2, -0.15) is 0 Å². The molecule has 0 saturated heterocycles. The van der Waals surface area contributed by atoms with Crippen molar-refractivity contribution in [3.8, 4) is 0 Å². The molecule has 0 fully saturated rings. The highest BCUT2D eigenvalue weighted by Crippen LogP contribution is 2.30. The zero-order valence-electron chi connectivity index (χ0n) is 22.6. The number of benzene rings is 3. The smallest absolute Gasteiger partial charge is 0.229 e. The molecular weight excluding hydrogens is 514 g/mol. The lowest BCUT2D eigenvalue weighted by molar-refractivity contribution is -0.579. The second-order valence-corrected chi connectivity index (χ2v) is 10.1. The van der Waals surface area contributed by atoms with Crippen molar-refractivity contribution in [2.75, 3.05) is 19.8 Å². The Kier molecular flexibility index (Phi) is 13.2. The molecule has 9 nitrogen and oxygen atoms in total. The summed E-state index contributed by atoms with van der Waals surface area (Å²) in [6, 6.07) is 28.2. The van der Waals surface area contributed by atoms with Crippen LogP contribution in [-0.2, 0) is 34.0 Å². The van der Waals surface area contributed by atoms with Crippen molar-refractivity contribution in [2.24, 2.45) is 0 Å². The van der Waals surface area contributed by atoms with Crippen molar-refractivity contribution in [1.82, 2.24) is 0 Å². The van der Waals surface area contributed by atoms with Gasteiger partial charge >= 0.3 is 0 Å². The van der Waals surface area contributed by atoms with E-state index >= 15 is 0 Å². The lowest BCUT2D eigenvalue weighted by atomic mass is 9.82. The maximum absolute atomic E-state index is 12.5. The summed E-state index contributed by atoms with van der Waals surface area (Å²) in [5, 5.41) is 44.7. The number of hydrogen-bond donors (Lipinski definition) is 3. The normalized spacial score (nSPS) is 15.2.